The Hall–Kier alpha value is -2.43. The van der Waals surface area contributed by atoms with Crippen LogP contribution in [-0.4, -0.2) is 57.3 Å². The standard InChI is InChI=1S/C19H21N3O5S2/c1-26-13-5-6-14(27-2)16(12-13)29(24,25)22-9-7-19(8-10-22)20-17(18(23)21-19)15-4-3-11-28-15/h3-6,11-12H,7-10H2,1-2H3,(H,21,23). The Morgan fingerprint density at radius 3 is 2.55 bits per heavy atom. The highest BCUT2D eigenvalue weighted by Crippen LogP contribution is 2.35. The summed E-state index contributed by atoms with van der Waals surface area (Å²) in [4.78, 5) is 17.9. The first-order valence-corrected chi connectivity index (χ1v) is 11.4. The Labute approximate surface area is 173 Å². The van der Waals surface area contributed by atoms with E-state index in [1.165, 1.54) is 35.9 Å². The monoisotopic (exact) mass is 435 g/mol. The van der Waals surface area contributed by atoms with Crippen molar-refractivity contribution in [2.75, 3.05) is 27.3 Å². The number of methoxy groups -OCH3 is 2. The third-order valence-electron chi connectivity index (χ3n) is 5.18. The van der Waals surface area contributed by atoms with Gasteiger partial charge in [-0.05, 0) is 23.6 Å². The van der Waals surface area contributed by atoms with E-state index >= 15 is 0 Å². The van der Waals surface area contributed by atoms with Gasteiger partial charge < -0.3 is 14.8 Å². The molecule has 8 nitrogen and oxygen atoms in total. The summed E-state index contributed by atoms with van der Waals surface area (Å²) < 4.78 is 38.3. The van der Waals surface area contributed by atoms with Crippen LogP contribution in [0.25, 0.3) is 0 Å². The molecule has 4 rings (SSSR count). The van der Waals surface area contributed by atoms with E-state index in [9.17, 15) is 13.2 Å². The molecule has 2 aliphatic rings. The van der Waals surface area contributed by atoms with Crippen LogP contribution < -0.4 is 14.8 Å². The van der Waals surface area contributed by atoms with E-state index in [0.29, 0.717) is 24.3 Å². The Morgan fingerprint density at radius 1 is 1.17 bits per heavy atom. The quantitative estimate of drug-likeness (QED) is 0.773. The summed E-state index contributed by atoms with van der Waals surface area (Å²) in [6.45, 7) is 0.481. The van der Waals surface area contributed by atoms with Crippen molar-refractivity contribution in [3.05, 3.63) is 40.6 Å². The fourth-order valence-corrected chi connectivity index (χ4v) is 5.92. The summed E-state index contributed by atoms with van der Waals surface area (Å²) >= 11 is 1.46. The van der Waals surface area contributed by atoms with Crippen LogP contribution in [0, 0.1) is 0 Å². The summed E-state index contributed by atoms with van der Waals surface area (Å²) in [5, 5.41) is 4.85. The van der Waals surface area contributed by atoms with E-state index in [4.69, 9.17) is 9.47 Å². The van der Waals surface area contributed by atoms with Crippen molar-refractivity contribution < 1.29 is 22.7 Å². The molecule has 10 heteroatoms. The minimum atomic E-state index is -3.78. The predicted octanol–water partition coefficient (Wildman–Crippen LogP) is 1.87. The molecule has 154 valence electrons. The SMILES string of the molecule is COc1ccc(OC)c(S(=O)(=O)N2CCC3(CC2)N=C(c2cccs2)C(=O)N3)c1. The van der Waals surface area contributed by atoms with Crippen molar-refractivity contribution in [1.29, 1.82) is 0 Å². The zero-order valence-electron chi connectivity index (χ0n) is 16.0. The fraction of sp³-hybridized carbons (Fsp3) is 0.368. The number of amides is 1. The van der Waals surface area contributed by atoms with Gasteiger partial charge in [0.15, 0.2) is 0 Å². The van der Waals surface area contributed by atoms with Gasteiger partial charge in [-0.1, -0.05) is 6.07 Å². The number of hydrogen-bond donors (Lipinski definition) is 1. The maximum absolute atomic E-state index is 13.2. The predicted molar refractivity (Wildman–Crippen MR) is 109 cm³/mol. The lowest BCUT2D eigenvalue weighted by molar-refractivity contribution is -0.115. The van der Waals surface area contributed by atoms with Crippen LogP contribution in [-0.2, 0) is 14.8 Å². The second-order valence-electron chi connectivity index (χ2n) is 6.84. The van der Waals surface area contributed by atoms with E-state index in [0.717, 1.165) is 4.88 Å². The second-order valence-corrected chi connectivity index (χ2v) is 9.70. The Morgan fingerprint density at radius 2 is 1.93 bits per heavy atom. The van der Waals surface area contributed by atoms with Gasteiger partial charge in [-0.25, -0.2) is 8.42 Å². The minimum absolute atomic E-state index is 0.0635. The van der Waals surface area contributed by atoms with Crippen LogP contribution in [0.4, 0.5) is 0 Å². The molecule has 0 radical (unpaired) electrons. The zero-order valence-corrected chi connectivity index (χ0v) is 17.7. The smallest absolute Gasteiger partial charge is 0.272 e. The molecule has 1 aromatic carbocycles. The van der Waals surface area contributed by atoms with Gasteiger partial charge in [0.1, 0.15) is 27.8 Å². The van der Waals surface area contributed by atoms with Crippen molar-refractivity contribution in [3.63, 3.8) is 0 Å². The first-order valence-electron chi connectivity index (χ1n) is 9.07. The first-order chi connectivity index (χ1) is 13.9. The number of hydrogen-bond acceptors (Lipinski definition) is 7. The summed E-state index contributed by atoms with van der Waals surface area (Å²) in [7, 11) is -0.872. The minimum Gasteiger partial charge on any atom is -0.497 e. The third-order valence-corrected chi connectivity index (χ3v) is 7.98. The summed E-state index contributed by atoms with van der Waals surface area (Å²) in [6, 6.07) is 8.42. The normalized spacial score (nSPS) is 19.1. The van der Waals surface area contributed by atoms with Crippen LogP contribution in [0.1, 0.15) is 17.7 Å². The van der Waals surface area contributed by atoms with Crippen molar-refractivity contribution in [2.24, 2.45) is 4.99 Å². The molecule has 1 amide bonds. The molecule has 0 aliphatic carbocycles. The highest BCUT2D eigenvalue weighted by molar-refractivity contribution is 7.89. The first kappa shape index (κ1) is 19.9. The number of aliphatic imine (C=N–C) groups is 1. The number of piperidine rings is 1. The van der Waals surface area contributed by atoms with Crippen LogP contribution in [0.15, 0.2) is 45.6 Å². The van der Waals surface area contributed by atoms with E-state index in [1.54, 1.807) is 12.1 Å². The van der Waals surface area contributed by atoms with Gasteiger partial charge in [0.2, 0.25) is 10.0 Å². The number of benzene rings is 1. The number of carbonyl (C=O) groups excluding carboxylic acids is 1. The van der Waals surface area contributed by atoms with E-state index in [2.05, 4.69) is 10.3 Å². The van der Waals surface area contributed by atoms with Gasteiger partial charge in [0, 0.05) is 32.0 Å². The molecule has 1 spiro atoms. The third kappa shape index (κ3) is 3.52. The molecule has 1 fully saturated rings. The van der Waals surface area contributed by atoms with E-state index in [1.807, 2.05) is 17.5 Å². The number of carbonyl (C=O) groups is 1. The fourth-order valence-electron chi connectivity index (χ4n) is 3.60. The molecular weight excluding hydrogens is 414 g/mol. The number of rotatable bonds is 5. The number of sulfonamides is 1. The van der Waals surface area contributed by atoms with Gasteiger partial charge in [-0.3, -0.25) is 9.79 Å². The van der Waals surface area contributed by atoms with Crippen molar-refractivity contribution in [3.8, 4) is 11.5 Å². The van der Waals surface area contributed by atoms with Crippen LogP contribution in [0.5, 0.6) is 11.5 Å². The molecule has 2 aliphatic heterocycles. The van der Waals surface area contributed by atoms with E-state index in [-0.39, 0.29) is 29.6 Å². The largest absolute Gasteiger partial charge is 0.497 e. The molecule has 1 saturated heterocycles. The van der Waals surface area contributed by atoms with Gasteiger partial charge in [0.05, 0.1) is 19.1 Å². The number of ether oxygens (including phenoxy) is 2. The van der Waals surface area contributed by atoms with Crippen molar-refractivity contribution >= 4 is 33.0 Å². The van der Waals surface area contributed by atoms with Gasteiger partial charge in [-0.15, -0.1) is 11.3 Å². The molecule has 2 aromatic rings. The lowest BCUT2D eigenvalue weighted by atomic mass is 10.00. The number of nitrogens with zero attached hydrogens (tertiary/aromatic N) is 2. The molecule has 1 N–H and O–H groups in total. The van der Waals surface area contributed by atoms with Gasteiger partial charge in [-0.2, -0.15) is 4.31 Å². The number of thiophene rings is 1. The van der Waals surface area contributed by atoms with Gasteiger partial charge >= 0.3 is 0 Å². The van der Waals surface area contributed by atoms with Crippen LogP contribution in [0.3, 0.4) is 0 Å². The van der Waals surface area contributed by atoms with Gasteiger partial charge in [0.25, 0.3) is 5.91 Å². The molecule has 3 heterocycles. The molecule has 1 aromatic heterocycles. The van der Waals surface area contributed by atoms with Crippen molar-refractivity contribution in [2.45, 2.75) is 23.4 Å². The maximum Gasteiger partial charge on any atom is 0.272 e. The number of nitrogens with one attached hydrogen (secondary N) is 1. The lowest BCUT2D eigenvalue weighted by Crippen LogP contribution is -2.52. The topological polar surface area (TPSA) is 97.3 Å². The highest BCUT2D eigenvalue weighted by Gasteiger charge is 2.44. The average molecular weight is 436 g/mol. The molecule has 0 saturated carbocycles. The Balaban J connectivity index is 1.57. The highest BCUT2D eigenvalue weighted by atomic mass is 32.2. The summed E-state index contributed by atoms with van der Waals surface area (Å²) in [5.41, 5.74) is -0.327. The Bertz CT molecular complexity index is 1060. The average Bonchev–Trinajstić information content (AvgIpc) is 3.36. The van der Waals surface area contributed by atoms with Crippen molar-refractivity contribution in [1.82, 2.24) is 9.62 Å². The molecular formula is C19H21N3O5S2. The lowest BCUT2D eigenvalue weighted by Gasteiger charge is -2.36. The molecule has 0 bridgehead atoms. The molecule has 29 heavy (non-hydrogen) atoms. The van der Waals surface area contributed by atoms with E-state index < -0.39 is 15.7 Å². The summed E-state index contributed by atoms with van der Waals surface area (Å²) in [5.74, 6) is 0.489. The Kier molecular flexibility index (Phi) is 5.09. The zero-order chi connectivity index (χ0) is 20.6. The molecule has 0 unspecified atom stereocenters. The van der Waals surface area contributed by atoms with Crippen LogP contribution in [0.2, 0.25) is 0 Å². The summed E-state index contributed by atoms with van der Waals surface area (Å²) in [6.07, 6.45) is 0.804. The van der Waals surface area contributed by atoms with Crippen LogP contribution >= 0.6 is 11.3 Å². The molecule has 0 atom stereocenters. The second kappa shape index (κ2) is 7.43. The maximum atomic E-state index is 13.2.